The lowest BCUT2D eigenvalue weighted by Gasteiger charge is -2.30. The number of nitrogens with zero attached hydrogens (tertiary/aromatic N) is 1. The zero-order chi connectivity index (χ0) is 45.2. The third-order valence-corrected chi connectivity index (χ3v) is 15.3. The Kier molecular flexibility index (Phi) is 8.02. The summed E-state index contributed by atoms with van der Waals surface area (Å²) in [5.74, 6) is 0. The fourth-order valence-corrected chi connectivity index (χ4v) is 12.3. The lowest BCUT2D eigenvalue weighted by Crippen LogP contribution is -2.25. The van der Waals surface area contributed by atoms with Crippen LogP contribution in [0, 0.1) is 0 Å². The second-order valence-electron chi connectivity index (χ2n) is 18.7. The number of hydrogen-bond donors (Lipinski definition) is 0. The standard InChI is InChI=1S/C67H41NO/c1-2-15-51-49(13-1)50-14-3-4-16-52(50)58-41-48(35-36-53(51)58)68(47-33-27-43(28-34-47)45-30-38-66-60(40-45)57-20-8-12-24-65(57)69-66)46-31-25-42(26-32-46)44-29-37-64-59(39-44)56-19-7-11-23-63(56)67(64)61-21-9-5-17-54(61)55-18-6-10-22-62(55)67/h1-41H. The molecule has 0 fully saturated rings. The van der Waals surface area contributed by atoms with Crippen LogP contribution in [0.3, 0.4) is 0 Å². The molecule has 69 heavy (non-hydrogen) atoms. The van der Waals surface area contributed by atoms with Gasteiger partial charge in [-0.15, -0.1) is 0 Å². The van der Waals surface area contributed by atoms with E-state index in [9.17, 15) is 0 Å². The molecule has 0 atom stereocenters. The van der Waals surface area contributed by atoms with Crippen molar-refractivity contribution >= 4 is 71.3 Å². The minimum atomic E-state index is -0.352. The van der Waals surface area contributed by atoms with Gasteiger partial charge in [-0.2, -0.15) is 0 Å². The zero-order valence-electron chi connectivity index (χ0n) is 37.5. The summed E-state index contributed by atoms with van der Waals surface area (Å²) in [6, 6.07) is 91.9. The van der Waals surface area contributed by atoms with Gasteiger partial charge in [-0.3, -0.25) is 0 Å². The Bertz CT molecular complexity index is 4170. The van der Waals surface area contributed by atoms with Crippen molar-refractivity contribution in [2.45, 2.75) is 5.41 Å². The van der Waals surface area contributed by atoms with Gasteiger partial charge in [-0.25, -0.2) is 0 Å². The molecule has 0 unspecified atom stereocenters. The molecule has 2 aliphatic carbocycles. The summed E-state index contributed by atoms with van der Waals surface area (Å²) in [6.07, 6.45) is 0. The number of anilines is 3. The van der Waals surface area contributed by atoms with Crippen molar-refractivity contribution in [1.29, 1.82) is 0 Å². The summed E-state index contributed by atoms with van der Waals surface area (Å²) in [5, 5.41) is 9.83. The van der Waals surface area contributed by atoms with Gasteiger partial charge in [0.05, 0.1) is 5.41 Å². The molecule has 0 saturated carbocycles. The van der Waals surface area contributed by atoms with E-state index in [4.69, 9.17) is 4.42 Å². The molecule has 1 spiro atoms. The predicted molar refractivity (Wildman–Crippen MR) is 288 cm³/mol. The number of hydrogen-bond acceptors (Lipinski definition) is 2. The summed E-state index contributed by atoms with van der Waals surface area (Å²) in [6.45, 7) is 0. The van der Waals surface area contributed by atoms with E-state index in [1.54, 1.807) is 0 Å². The van der Waals surface area contributed by atoms with Crippen molar-refractivity contribution in [3.05, 3.63) is 271 Å². The van der Waals surface area contributed by atoms with Gasteiger partial charge in [-0.1, -0.05) is 188 Å². The van der Waals surface area contributed by atoms with Crippen LogP contribution in [0.15, 0.2) is 253 Å². The highest BCUT2D eigenvalue weighted by atomic mass is 16.3. The highest BCUT2D eigenvalue weighted by Crippen LogP contribution is 2.63. The van der Waals surface area contributed by atoms with Gasteiger partial charge in [-0.05, 0) is 160 Å². The number of benzene rings is 12. The molecule has 2 heteroatoms. The Balaban J connectivity index is 0.861. The van der Waals surface area contributed by atoms with Crippen molar-refractivity contribution in [3.8, 4) is 44.5 Å². The smallest absolute Gasteiger partial charge is 0.135 e. The monoisotopic (exact) mass is 875 g/mol. The van der Waals surface area contributed by atoms with Gasteiger partial charge in [0, 0.05) is 27.8 Å². The lowest BCUT2D eigenvalue weighted by molar-refractivity contribution is 0.669. The van der Waals surface area contributed by atoms with E-state index >= 15 is 0 Å². The molecule has 0 amide bonds. The van der Waals surface area contributed by atoms with Crippen molar-refractivity contribution in [2.75, 3.05) is 4.90 Å². The van der Waals surface area contributed by atoms with Crippen molar-refractivity contribution in [2.24, 2.45) is 0 Å². The third kappa shape index (κ3) is 5.43. The topological polar surface area (TPSA) is 16.4 Å². The number of furan rings is 1. The van der Waals surface area contributed by atoms with Gasteiger partial charge >= 0.3 is 0 Å². The first-order valence-corrected chi connectivity index (χ1v) is 23.9. The highest BCUT2D eigenvalue weighted by molar-refractivity contribution is 6.26. The number of para-hydroxylation sites is 1. The molecule has 0 saturated heterocycles. The molecule has 2 aliphatic rings. The Morgan fingerprint density at radius 1 is 0.246 bits per heavy atom. The highest BCUT2D eigenvalue weighted by Gasteiger charge is 2.51. The minimum Gasteiger partial charge on any atom is -0.456 e. The van der Waals surface area contributed by atoms with E-state index < -0.39 is 0 Å². The van der Waals surface area contributed by atoms with E-state index in [0.717, 1.165) is 50.1 Å². The van der Waals surface area contributed by atoms with Crippen LogP contribution in [0.2, 0.25) is 0 Å². The number of rotatable bonds is 5. The first-order valence-electron chi connectivity index (χ1n) is 23.9. The molecule has 2 nitrogen and oxygen atoms in total. The zero-order valence-corrected chi connectivity index (χ0v) is 37.5. The first-order chi connectivity index (χ1) is 34.2. The number of fused-ring (bicyclic) bond motifs is 19. The fraction of sp³-hybridized carbons (Fsp3) is 0.0149. The van der Waals surface area contributed by atoms with Crippen LogP contribution < -0.4 is 4.90 Å². The van der Waals surface area contributed by atoms with Gasteiger partial charge in [0.2, 0.25) is 0 Å². The molecule has 0 bridgehead atoms. The van der Waals surface area contributed by atoms with Crippen molar-refractivity contribution < 1.29 is 4.42 Å². The maximum Gasteiger partial charge on any atom is 0.135 e. The average Bonchev–Trinajstić information content (AvgIpc) is 4.05. The predicted octanol–water partition coefficient (Wildman–Crippen LogP) is 18.2. The lowest BCUT2D eigenvalue weighted by atomic mass is 9.70. The summed E-state index contributed by atoms with van der Waals surface area (Å²) < 4.78 is 6.18. The van der Waals surface area contributed by atoms with Crippen molar-refractivity contribution in [1.82, 2.24) is 0 Å². The molecular weight excluding hydrogens is 835 g/mol. The molecule has 13 aromatic rings. The van der Waals surface area contributed by atoms with E-state index in [2.05, 4.69) is 241 Å². The van der Waals surface area contributed by atoms with Crippen LogP contribution in [0.1, 0.15) is 22.3 Å². The maximum atomic E-state index is 6.18. The van der Waals surface area contributed by atoms with E-state index in [1.807, 2.05) is 12.1 Å². The maximum absolute atomic E-state index is 6.18. The fourth-order valence-electron chi connectivity index (χ4n) is 12.3. The second kappa shape index (κ2) is 14.5. The first kappa shape index (κ1) is 38.2. The Labute approximate surface area is 399 Å². The van der Waals surface area contributed by atoms with E-state index in [0.29, 0.717) is 0 Å². The summed E-state index contributed by atoms with van der Waals surface area (Å²) >= 11 is 0. The molecule has 15 rings (SSSR count). The molecule has 1 heterocycles. The summed E-state index contributed by atoms with van der Waals surface area (Å²) in [4.78, 5) is 2.40. The molecule has 0 aliphatic heterocycles. The Morgan fingerprint density at radius 3 is 1.25 bits per heavy atom. The molecular formula is C67H41NO. The van der Waals surface area contributed by atoms with Gasteiger partial charge in [0.1, 0.15) is 11.2 Å². The van der Waals surface area contributed by atoms with Crippen LogP contribution >= 0.6 is 0 Å². The van der Waals surface area contributed by atoms with Crippen LogP contribution in [0.25, 0.3) is 98.8 Å². The largest absolute Gasteiger partial charge is 0.456 e. The van der Waals surface area contributed by atoms with Crippen LogP contribution in [-0.4, -0.2) is 0 Å². The average molecular weight is 876 g/mol. The normalized spacial score (nSPS) is 13.0. The van der Waals surface area contributed by atoms with Gasteiger partial charge in [0.15, 0.2) is 0 Å². The third-order valence-electron chi connectivity index (χ3n) is 15.3. The van der Waals surface area contributed by atoms with Crippen LogP contribution in [0.4, 0.5) is 17.1 Å². The Hall–Kier alpha value is -8.98. The molecule has 320 valence electrons. The SMILES string of the molecule is c1ccc2c(c1)-c1ccccc1C21c2ccccc2-c2cc(-c3ccc(N(c4ccc(-c5ccc6oc7ccccc7c6c5)cc4)c4ccc5c6ccccc6c6ccccc6c5c4)cc3)ccc21. The van der Waals surface area contributed by atoms with E-state index in [1.165, 1.54) is 88.0 Å². The molecule has 12 aromatic carbocycles. The summed E-state index contributed by atoms with van der Waals surface area (Å²) in [7, 11) is 0. The summed E-state index contributed by atoms with van der Waals surface area (Å²) in [5.41, 5.74) is 20.1. The second-order valence-corrected chi connectivity index (χ2v) is 18.7. The van der Waals surface area contributed by atoms with Gasteiger partial charge < -0.3 is 9.32 Å². The molecule has 1 aromatic heterocycles. The quantitative estimate of drug-likeness (QED) is 0.160. The molecule has 0 N–H and O–H groups in total. The van der Waals surface area contributed by atoms with Crippen molar-refractivity contribution in [3.63, 3.8) is 0 Å². The van der Waals surface area contributed by atoms with Crippen LogP contribution in [-0.2, 0) is 5.41 Å². The Morgan fingerprint density at radius 2 is 0.652 bits per heavy atom. The van der Waals surface area contributed by atoms with E-state index in [-0.39, 0.29) is 5.41 Å². The minimum absolute atomic E-state index is 0.352. The van der Waals surface area contributed by atoms with Gasteiger partial charge in [0.25, 0.3) is 0 Å². The molecule has 0 radical (unpaired) electrons. The van der Waals surface area contributed by atoms with Crippen LogP contribution in [0.5, 0.6) is 0 Å².